The Morgan fingerprint density at radius 1 is 0.676 bits per heavy atom. The molecule has 0 atom stereocenters. The lowest BCUT2D eigenvalue weighted by Gasteiger charge is -2.23. The Bertz CT molecular complexity index is 1790. The maximum atomic E-state index is 13.7. The summed E-state index contributed by atoms with van der Waals surface area (Å²) in [5, 5.41) is 13.3. The first-order valence-electron chi connectivity index (χ1n) is 22.7. The molecule has 0 unspecified atom stereocenters. The number of rotatable bonds is 43. The molecule has 1 aromatic heterocycles. The molecule has 1 aliphatic rings. The number of nitrogens with zero attached hydrogens (tertiary/aromatic N) is 2. The fraction of sp³-hybridized carbons (Fsp3) is 0.705. The van der Waals surface area contributed by atoms with Gasteiger partial charge in [0.2, 0.25) is 5.91 Å². The topological polar surface area (TPSA) is 271 Å². The van der Waals surface area contributed by atoms with E-state index >= 15 is 0 Å². The number of nitrogens with two attached hydrogens (primary N) is 1. The molecule has 0 bridgehead atoms. The number of aryl methyl sites for hydroxylation is 1. The Labute approximate surface area is 400 Å². The first-order chi connectivity index (χ1) is 33.2. The lowest BCUT2D eigenvalue weighted by atomic mass is 10.0. The average Bonchev–Trinajstić information content (AvgIpc) is 3.64. The molecule has 0 radical (unpaired) electrons. The lowest BCUT2D eigenvalue weighted by Crippen LogP contribution is -2.36. The summed E-state index contributed by atoms with van der Waals surface area (Å²) in [6, 6.07) is 3.05. The Hall–Kier alpha value is -3.86. The molecule has 3 amide bonds. The third-order valence-electron chi connectivity index (χ3n) is 9.89. The Kier molecular flexibility index (Phi) is 31.8. The van der Waals surface area contributed by atoms with Crippen molar-refractivity contribution < 1.29 is 90.4 Å². The van der Waals surface area contributed by atoms with E-state index in [1.54, 1.807) is 25.0 Å². The maximum absolute atomic E-state index is 13.7. The quantitative estimate of drug-likeness (QED) is 0.0184. The number of benzene rings is 1. The van der Waals surface area contributed by atoms with Crippen LogP contribution < -0.4 is 11.4 Å². The molecule has 3 N–H and O–H groups in total. The van der Waals surface area contributed by atoms with E-state index in [9.17, 15) is 24.0 Å². The molecule has 1 fully saturated rings. The SMILES string of the molecule is COCCOCCOCCOCCOCCOCCOCCOCCOCCOCCCN(CCCCCC(=O)ON1C(=O)CCC1=O)C(=O)Cc1c(C)c2cc(SOOO)c(N)cc2oc1=O. The number of carbonyl (C=O) groups excluding carboxylic acids is 4. The molecule has 23 nitrogen and oxygen atoms in total. The van der Waals surface area contributed by atoms with Gasteiger partial charge in [-0.25, -0.2) is 14.8 Å². The van der Waals surface area contributed by atoms with E-state index in [1.165, 1.54) is 6.07 Å². The summed E-state index contributed by atoms with van der Waals surface area (Å²) in [5.74, 6) is -2.10. The first-order valence-corrected chi connectivity index (χ1v) is 23.4. The van der Waals surface area contributed by atoms with Gasteiger partial charge in [-0.05, 0) is 37.8 Å². The average molecular weight is 992 g/mol. The highest BCUT2D eigenvalue weighted by Crippen LogP contribution is 2.32. The zero-order valence-electron chi connectivity index (χ0n) is 39.2. The largest absolute Gasteiger partial charge is 0.422 e. The highest BCUT2D eigenvalue weighted by atomic mass is 32.2. The van der Waals surface area contributed by atoms with E-state index in [2.05, 4.69) is 9.37 Å². The van der Waals surface area contributed by atoms with Crippen molar-refractivity contribution in [1.29, 1.82) is 0 Å². The molecule has 24 heteroatoms. The summed E-state index contributed by atoms with van der Waals surface area (Å²) in [5.41, 5.74) is 6.47. The molecule has 0 aliphatic carbocycles. The molecule has 0 spiro atoms. The van der Waals surface area contributed by atoms with E-state index in [0.717, 1.165) is 0 Å². The van der Waals surface area contributed by atoms with Crippen LogP contribution in [0.3, 0.4) is 0 Å². The van der Waals surface area contributed by atoms with Crippen LogP contribution in [0.15, 0.2) is 26.2 Å². The lowest BCUT2D eigenvalue weighted by molar-refractivity contribution is -0.432. The number of imide groups is 1. The number of hydrogen-bond donors (Lipinski definition) is 2. The fourth-order valence-electron chi connectivity index (χ4n) is 6.30. The fourth-order valence-corrected chi connectivity index (χ4v) is 6.72. The second kappa shape index (κ2) is 37.0. The summed E-state index contributed by atoms with van der Waals surface area (Å²) in [4.78, 5) is 69.6. The van der Waals surface area contributed by atoms with Gasteiger partial charge in [-0.1, -0.05) is 11.5 Å². The van der Waals surface area contributed by atoms with Gasteiger partial charge in [0, 0.05) is 57.5 Å². The zero-order chi connectivity index (χ0) is 49.0. The Morgan fingerprint density at radius 3 is 1.63 bits per heavy atom. The van der Waals surface area contributed by atoms with E-state index in [-0.39, 0.29) is 48.4 Å². The summed E-state index contributed by atoms with van der Waals surface area (Å²) in [6.45, 7) is 10.9. The Balaban J connectivity index is 1.25. The summed E-state index contributed by atoms with van der Waals surface area (Å²) in [6.07, 6.45) is 1.72. The third kappa shape index (κ3) is 24.6. The molecule has 1 aliphatic heterocycles. The highest BCUT2D eigenvalue weighted by Gasteiger charge is 2.32. The van der Waals surface area contributed by atoms with Gasteiger partial charge in [-0.3, -0.25) is 14.4 Å². The van der Waals surface area contributed by atoms with Crippen molar-refractivity contribution in [2.75, 3.05) is 151 Å². The minimum absolute atomic E-state index is 0.00792. The number of carbonyl (C=O) groups is 4. The van der Waals surface area contributed by atoms with Crippen LogP contribution >= 0.6 is 12.0 Å². The number of hydrogen-bond acceptors (Lipinski definition) is 22. The van der Waals surface area contributed by atoms with Gasteiger partial charge in [0.05, 0.1) is 154 Å². The van der Waals surface area contributed by atoms with E-state index in [1.807, 2.05) is 0 Å². The van der Waals surface area contributed by atoms with Gasteiger partial charge in [0.1, 0.15) is 5.58 Å². The van der Waals surface area contributed by atoms with Crippen LogP contribution in [0.4, 0.5) is 5.69 Å². The van der Waals surface area contributed by atoms with Gasteiger partial charge in [-0.2, -0.15) is 0 Å². The second-order valence-electron chi connectivity index (χ2n) is 14.9. The monoisotopic (exact) mass is 991 g/mol. The number of nitrogen functional groups attached to an aromatic ring is 1. The minimum Gasteiger partial charge on any atom is -0.422 e. The van der Waals surface area contributed by atoms with E-state index < -0.39 is 23.4 Å². The van der Waals surface area contributed by atoms with Crippen LogP contribution in [0.5, 0.6) is 0 Å². The van der Waals surface area contributed by atoms with Gasteiger partial charge in [-0.15, -0.1) is 9.40 Å². The van der Waals surface area contributed by atoms with Crippen molar-refractivity contribution >= 4 is 52.4 Å². The number of ether oxygens (including phenoxy) is 10. The number of methoxy groups -OCH3 is 1. The number of unbranched alkanes of at least 4 members (excludes halogenated alkanes) is 2. The van der Waals surface area contributed by atoms with Crippen LogP contribution in [0, 0.1) is 6.92 Å². The van der Waals surface area contributed by atoms with Crippen LogP contribution in [0.25, 0.3) is 11.0 Å². The molecule has 386 valence electrons. The second-order valence-corrected chi connectivity index (χ2v) is 15.6. The first kappa shape index (κ1) is 58.5. The van der Waals surface area contributed by atoms with Gasteiger partial charge in [0.15, 0.2) is 0 Å². The van der Waals surface area contributed by atoms with Crippen molar-refractivity contribution in [3.8, 4) is 0 Å². The molecule has 2 heterocycles. The van der Waals surface area contributed by atoms with Crippen LogP contribution in [0.1, 0.15) is 56.1 Å². The molecule has 68 heavy (non-hydrogen) atoms. The third-order valence-corrected chi connectivity index (χ3v) is 10.5. The minimum atomic E-state index is -0.692. The molecular weight excluding hydrogens is 923 g/mol. The Morgan fingerprint density at radius 2 is 1.15 bits per heavy atom. The number of anilines is 1. The summed E-state index contributed by atoms with van der Waals surface area (Å²) >= 11 is 0.656. The summed E-state index contributed by atoms with van der Waals surface area (Å²) < 4.78 is 64.5. The van der Waals surface area contributed by atoms with E-state index in [0.29, 0.717) is 197 Å². The number of amides is 3. The number of hydroxylamine groups is 2. The molecule has 1 saturated heterocycles. The molecular formula is C44H69N3O20S. The van der Waals surface area contributed by atoms with Gasteiger partial charge in [0.25, 0.3) is 11.8 Å². The smallest absolute Gasteiger partial charge is 0.340 e. The maximum Gasteiger partial charge on any atom is 0.340 e. The van der Waals surface area contributed by atoms with Crippen LogP contribution in [0.2, 0.25) is 0 Å². The zero-order valence-corrected chi connectivity index (χ0v) is 40.1. The molecule has 1 aromatic carbocycles. The molecule has 3 rings (SSSR count). The van der Waals surface area contributed by atoms with Crippen molar-refractivity contribution in [3.05, 3.63) is 33.7 Å². The van der Waals surface area contributed by atoms with Crippen molar-refractivity contribution in [2.45, 2.75) is 63.2 Å². The predicted molar refractivity (Wildman–Crippen MR) is 242 cm³/mol. The van der Waals surface area contributed by atoms with Gasteiger partial charge >= 0.3 is 11.6 Å². The van der Waals surface area contributed by atoms with E-state index in [4.69, 9.17) is 67.6 Å². The predicted octanol–water partition coefficient (Wildman–Crippen LogP) is 2.84. The van der Waals surface area contributed by atoms with Crippen molar-refractivity contribution in [1.82, 2.24) is 9.96 Å². The molecule has 2 aromatic rings. The molecule has 0 saturated carbocycles. The highest BCUT2D eigenvalue weighted by molar-refractivity contribution is 7.94. The van der Waals surface area contributed by atoms with Crippen molar-refractivity contribution in [2.24, 2.45) is 0 Å². The van der Waals surface area contributed by atoms with Gasteiger partial charge < -0.3 is 67.3 Å². The summed E-state index contributed by atoms with van der Waals surface area (Å²) in [7, 11) is 1.63. The standard InChI is InChI=1S/C44H69N3O20S/c1-34-35-31-39(68-67-66-53)37(45)33-38(35)64-44(52)36(34)32-42(50)46(10-5-3-4-7-43(51)65-47-40(48)8-9-41(47)49)11-6-12-55-15-16-57-19-20-59-23-24-61-27-28-63-30-29-62-26-25-60-22-21-58-18-17-56-14-13-54-2/h31,33,53H,3-30,32,45H2,1-2H3. The van der Waals surface area contributed by atoms with Crippen LogP contribution in [-0.2, 0) is 87.2 Å². The van der Waals surface area contributed by atoms with Crippen molar-refractivity contribution in [3.63, 3.8) is 0 Å². The van der Waals surface area contributed by atoms with Crippen LogP contribution in [-0.4, -0.2) is 185 Å². The normalized spacial score (nSPS) is 12.8. The number of fused-ring (bicyclic) bond motifs is 1.